The molecule has 3 heteroatoms. The summed E-state index contributed by atoms with van der Waals surface area (Å²) in [6.45, 7) is 2.27. The average Bonchev–Trinajstić information content (AvgIpc) is 2.34. The fourth-order valence-electron chi connectivity index (χ4n) is 2.45. The lowest BCUT2D eigenvalue weighted by atomic mass is 9.89. The minimum atomic E-state index is -0.816. The highest BCUT2D eigenvalue weighted by Gasteiger charge is 2.20. The van der Waals surface area contributed by atoms with Crippen LogP contribution in [-0.2, 0) is 11.2 Å². The van der Waals surface area contributed by atoms with Gasteiger partial charge in [0.15, 0.2) is 0 Å². The van der Waals surface area contributed by atoms with Gasteiger partial charge < -0.3 is 9.84 Å². The van der Waals surface area contributed by atoms with Gasteiger partial charge in [-0.05, 0) is 37.7 Å². The highest BCUT2D eigenvalue weighted by atomic mass is 16.5. The summed E-state index contributed by atoms with van der Waals surface area (Å²) < 4.78 is 5.97. The van der Waals surface area contributed by atoms with Crippen molar-refractivity contribution in [3.8, 4) is 5.75 Å². The Morgan fingerprint density at radius 2 is 1.94 bits per heavy atom. The maximum atomic E-state index is 10.8. The van der Waals surface area contributed by atoms with Crippen molar-refractivity contribution in [3.05, 3.63) is 29.8 Å². The third-order valence-electron chi connectivity index (χ3n) is 3.57. The number of benzene rings is 1. The minimum absolute atomic E-state index is 0.0271. The van der Waals surface area contributed by atoms with E-state index in [9.17, 15) is 4.79 Å². The van der Waals surface area contributed by atoms with Crippen LogP contribution in [0.2, 0.25) is 0 Å². The smallest absolute Gasteiger partial charge is 0.307 e. The molecule has 1 aromatic rings. The van der Waals surface area contributed by atoms with Crippen molar-refractivity contribution < 1.29 is 14.6 Å². The van der Waals surface area contributed by atoms with E-state index in [1.165, 1.54) is 12.8 Å². The van der Waals surface area contributed by atoms with E-state index in [0.717, 1.165) is 30.1 Å². The standard InChI is InChI=1S/C15H20O3/c1-11-6-8-13(9-7-11)18-14-5-3-2-4-12(14)10-15(16)17/h2-5,11,13H,6-10H2,1H3,(H,16,17). The monoisotopic (exact) mass is 248 g/mol. The van der Waals surface area contributed by atoms with Crippen LogP contribution in [0.25, 0.3) is 0 Å². The summed E-state index contributed by atoms with van der Waals surface area (Å²) in [5.41, 5.74) is 0.767. The first kappa shape index (κ1) is 12.9. The molecule has 0 saturated heterocycles. The number of aliphatic carboxylic acids is 1. The molecule has 98 valence electrons. The Hall–Kier alpha value is -1.51. The summed E-state index contributed by atoms with van der Waals surface area (Å²) in [6, 6.07) is 7.45. The Morgan fingerprint density at radius 3 is 2.61 bits per heavy atom. The van der Waals surface area contributed by atoms with Gasteiger partial charge in [-0.1, -0.05) is 25.1 Å². The van der Waals surface area contributed by atoms with E-state index in [1.54, 1.807) is 0 Å². The molecule has 1 N–H and O–H groups in total. The van der Waals surface area contributed by atoms with Crippen LogP contribution in [0.3, 0.4) is 0 Å². The van der Waals surface area contributed by atoms with Gasteiger partial charge in [0.1, 0.15) is 5.75 Å². The first-order chi connectivity index (χ1) is 8.65. The zero-order valence-electron chi connectivity index (χ0n) is 10.8. The number of carboxylic acid groups (broad SMARTS) is 1. The van der Waals surface area contributed by atoms with Crippen LogP contribution in [0.15, 0.2) is 24.3 Å². The number of ether oxygens (including phenoxy) is 1. The molecule has 0 radical (unpaired) electrons. The molecule has 0 heterocycles. The predicted octanol–water partition coefficient (Wildman–Crippen LogP) is 3.27. The number of para-hydroxylation sites is 1. The van der Waals surface area contributed by atoms with Crippen LogP contribution in [0, 0.1) is 5.92 Å². The molecule has 3 nitrogen and oxygen atoms in total. The molecule has 0 amide bonds. The highest BCUT2D eigenvalue weighted by Crippen LogP contribution is 2.28. The minimum Gasteiger partial charge on any atom is -0.490 e. The van der Waals surface area contributed by atoms with Crippen molar-refractivity contribution >= 4 is 5.97 Å². The summed E-state index contributed by atoms with van der Waals surface area (Å²) in [5.74, 6) is 0.710. The van der Waals surface area contributed by atoms with E-state index >= 15 is 0 Å². The van der Waals surface area contributed by atoms with Gasteiger partial charge in [-0.15, -0.1) is 0 Å². The van der Waals surface area contributed by atoms with Gasteiger partial charge in [0, 0.05) is 5.56 Å². The van der Waals surface area contributed by atoms with Crippen LogP contribution in [0.4, 0.5) is 0 Å². The van der Waals surface area contributed by atoms with Crippen molar-refractivity contribution in [2.24, 2.45) is 5.92 Å². The normalized spacial score (nSPS) is 23.6. The van der Waals surface area contributed by atoms with Crippen LogP contribution < -0.4 is 4.74 Å². The molecule has 0 spiro atoms. The van der Waals surface area contributed by atoms with E-state index < -0.39 is 5.97 Å². The molecule has 1 aromatic carbocycles. The summed E-state index contributed by atoms with van der Waals surface area (Å²) in [5, 5.41) is 8.88. The quantitative estimate of drug-likeness (QED) is 0.889. The maximum absolute atomic E-state index is 10.8. The number of rotatable bonds is 4. The summed E-state index contributed by atoms with van der Waals surface area (Å²) in [6.07, 6.45) is 4.82. The molecular weight excluding hydrogens is 228 g/mol. The van der Waals surface area contributed by atoms with Crippen LogP contribution in [-0.4, -0.2) is 17.2 Å². The largest absolute Gasteiger partial charge is 0.490 e. The van der Waals surface area contributed by atoms with Crippen molar-refractivity contribution in [2.75, 3.05) is 0 Å². The maximum Gasteiger partial charge on any atom is 0.307 e. The molecule has 2 rings (SSSR count). The third kappa shape index (κ3) is 3.49. The van der Waals surface area contributed by atoms with Gasteiger partial charge in [0.25, 0.3) is 0 Å². The van der Waals surface area contributed by atoms with Gasteiger partial charge in [-0.2, -0.15) is 0 Å². The Morgan fingerprint density at radius 1 is 1.28 bits per heavy atom. The van der Waals surface area contributed by atoms with E-state index in [-0.39, 0.29) is 12.5 Å². The van der Waals surface area contributed by atoms with Gasteiger partial charge in [0.2, 0.25) is 0 Å². The van der Waals surface area contributed by atoms with Crippen molar-refractivity contribution in [2.45, 2.75) is 45.1 Å². The van der Waals surface area contributed by atoms with Crippen molar-refractivity contribution in [1.29, 1.82) is 0 Å². The van der Waals surface area contributed by atoms with Crippen molar-refractivity contribution in [1.82, 2.24) is 0 Å². The Balaban J connectivity index is 2.02. The third-order valence-corrected chi connectivity index (χ3v) is 3.57. The number of carbonyl (C=O) groups is 1. The topological polar surface area (TPSA) is 46.5 Å². The van der Waals surface area contributed by atoms with Crippen LogP contribution >= 0.6 is 0 Å². The number of hydrogen-bond acceptors (Lipinski definition) is 2. The first-order valence-corrected chi connectivity index (χ1v) is 6.61. The summed E-state index contributed by atoms with van der Waals surface area (Å²) >= 11 is 0. The molecule has 1 fully saturated rings. The molecular formula is C15H20O3. The lowest BCUT2D eigenvalue weighted by Crippen LogP contribution is -2.23. The predicted molar refractivity (Wildman–Crippen MR) is 69.8 cm³/mol. The van der Waals surface area contributed by atoms with Gasteiger partial charge in [-0.3, -0.25) is 4.79 Å². The highest BCUT2D eigenvalue weighted by molar-refractivity contribution is 5.71. The van der Waals surface area contributed by atoms with Gasteiger partial charge in [0.05, 0.1) is 12.5 Å². The summed E-state index contributed by atoms with van der Waals surface area (Å²) in [7, 11) is 0. The molecule has 1 aliphatic carbocycles. The second kappa shape index (κ2) is 5.89. The SMILES string of the molecule is CC1CCC(Oc2ccccc2CC(=O)O)CC1. The van der Waals surface area contributed by atoms with Crippen LogP contribution in [0.1, 0.15) is 38.2 Å². The van der Waals surface area contributed by atoms with Crippen molar-refractivity contribution in [3.63, 3.8) is 0 Å². The Bertz CT molecular complexity index is 406. The number of carboxylic acids is 1. The average molecular weight is 248 g/mol. The molecule has 0 aliphatic heterocycles. The lowest BCUT2D eigenvalue weighted by Gasteiger charge is -2.27. The fraction of sp³-hybridized carbons (Fsp3) is 0.533. The molecule has 0 unspecified atom stereocenters. The fourth-order valence-corrected chi connectivity index (χ4v) is 2.45. The molecule has 0 aromatic heterocycles. The molecule has 1 aliphatic rings. The van der Waals surface area contributed by atoms with Gasteiger partial charge >= 0.3 is 5.97 Å². The molecule has 18 heavy (non-hydrogen) atoms. The second-order valence-corrected chi connectivity index (χ2v) is 5.18. The first-order valence-electron chi connectivity index (χ1n) is 6.61. The molecule has 1 saturated carbocycles. The van der Waals surface area contributed by atoms with Gasteiger partial charge in [-0.25, -0.2) is 0 Å². The Labute approximate surface area is 108 Å². The number of hydrogen-bond donors (Lipinski definition) is 1. The van der Waals surface area contributed by atoms with E-state index in [4.69, 9.17) is 9.84 Å². The summed E-state index contributed by atoms with van der Waals surface area (Å²) in [4.78, 5) is 10.8. The molecule has 0 bridgehead atoms. The van der Waals surface area contributed by atoms with Crippen LogP contribution in [0.5, 0.6) is 5.75 Å². The zero-order chi connectivity index (χ0) is 13.0. The van der Waals surface area contributed by atoms with E-state index in [0.29, 0.717) is 0 Å². The van der Waals surface area contributed by atoms with E-state index in [1.807, 2.05) is 24.3 Å². The molecule has 0 atom stereocenters. The van der Waals surface area contributed by atoms with E-state index in [2.05, 4.69) is 6.92 Å². The Kier molecular flexibility index (Phi) is 4.24. The lowest BCUT2D eigenvalue weighted by molar-refractivity contribution is -0.136. The zero-order valence-corrected chi connectivity index (χ0v) is 10.8. The second-order valence-electron chi connectivity index (χ2n) is 5.18.